The highest BCUT2D eigenvalue weighted by Gasteiger charge is 2.33. The third-order valence-corrected chi connectivity index (χ3v) is 5.67. The van der Waals surface area contributed by atoms with E-state index in [2.05, 4.69) is 0 Å². The van der Waals surface area contributed by atoms with Gasteiger partial charge in [-0.3, -0.25) is 0 Å². The van der Waals surface area contributed by atoms with Gasteiger partial charge in [-0.15, -0.1) is 0 Å². The molecule has 0 aromatic heterocycles. The number of nitrogens with zero attached hydrogens (tertiary/aromatic N) is 1. The molecule has 0 bridgehead atoms. The minimum atomic E-state index is -3.53. The maximum Gasteiger partial charge on any atom is 0.243 e. The van der Waals surface area contributed by atoms with Crippen LogP contribution in [0.25, 0.3) is 0 Å². The van der Waals surface area contributed by atoms with Gasteiger partial charge in [-0.05, 0) is 38.8 Å². The third-order valence-electron chi connectivity index (χ3n) is 3.70. The van der Waals surface area contributed by atoms with E-state index in [-0.39, 0.29) is 12.2 Å². The van der Waals surface area contributed by atoms with Gasteiger partial charge in [-0.1, -0.05) is 6.07 Å². The highest BCUT2D eigenvalue weighted by molar-refractivity contribution is 7.89. The van der Waals surface area contributed by atoms with Crippen LogP contribution in [0.1, 0.15) is 25.0 Å². The van der Waals surface area contributed by atoms with Crippen molar-refractivity contribution in [3.05, 3.63) is 23.3 Å². The van der Waals surface area contributed by atoms with Crippen LogP contribution in [-0.4, -0.2) is 45.1 Å². The van der Waals surface area contributed by atoms with Crippen LogP contribution in [0.5, 0.6) is 5.75 Å². The molecule has 0 unspecified atom stereocenters. The minimum absolute atomic E-state index is 0.101. The van der Waals surface area contributed by atoms with E-state index in [1.54, 1.807) is 13.2 Å². The fourth-order valence-corrected chi connectivity index (χ4v) is 4.59. The summed E-state index contributed by atoms with van der Waals surface area (Å²) in [6.45, 7) is 8.25. The molecule has 0 N–H and O–H groups in total. The number of hydrogen-bond donors (Lipinski definition) is 0. The zero-order chi connectivity index (χ0) is 15.8. The first kappa shape index (κ1) is 16.3. The Kier molecular flexibility index (Phi) is 4.60. The summed E-state index contributed by atoms with van der Waals surface area (Å²) in [6.07, 6.45) is -0.202. The maximum atomic E-state index is 12.9. The number of rotatable bonds is 3. The lowest BCUT2D eigenvalue weighted by Gasteiger charge is -2.34. The normalized spacial score (nSPS) is 24.0. The lowest BCUT2D eigenvalue weighted by molar-refractivity contribution is -0.0440. The molecule has 0 radical (unpaired) electrons. The second-order valence-electron chi connectivity index (χ2n) is 5.67. The molecule has 0 aliphatic carbocycles. The van der Waals surface area contributed by atoms with Gasteiger partial charge in [0.2, 0.25) is 10.0 Å². The highest BCUT2D eigenvalue weighted by atomic mass is 32.2. The quantitative estimate of drug-likeness (QED) is 0.857. The summed E-state index contributed by atoms with van der Waals surface area (Å²) in [6, 6.07) is 3.46. The van der Waals surface area contributed by atoms with Crippen LogP contribution < -0.4 is 4.74 Å². The van der Waals surface area contributed by atoms with E-state index in [1.165, 1.54) is 4.31 Å². The van der Waals surface area contributed by atoms with Crippen LogP contribution in [-0.2, 0) is 14.8 Å². The van der Waals surface area contributed by atoms with E-state index < -0.39 is 10.0 Å². The Morgan fingerprint density at radius 1 is 1.14 bits per heavy atom. The Morgan fingerprint density at radius 2 is 1.71 bits per heavy atom. The lowest BCUT2D eigenvalue weighted by atomic mass is 10.1. The maximum absolute atomic E-state index is 12.9. The van der Waals surface area contributed by atoms with Gasteiger partial charge in [0.05, 0.1) is 24.2 Å². The van der Waals surface area contributed by atoms with Gasteiger partial charge in [0, 0.05) is 19.2 Å². The van der Waals surface area contributed by atoms with E-state index >= 15 is 0 Å². The van der Waals surface area contributed by atoms with E-state index in [4.69, 9.17) is 9.47 Å². The lowest BCUT2D eigenvalue weighted by Crippen LogP contribution is -2.48. The Morgan fingerprint density at radius 3 is 2.24 bits per heavy atom. The molecule has 2 rings (SSSR count). The molecule has 1 aromatic rings. The number of sulfonamides is 1. The predicted octanol–water partition coefficient (Wildman–Crippen LogP) is 2.11. The van der Waals surface area contributed by atoms with E-state index in [0.29, 0.717) is 23.7 Å². The standard InChI is InChI=1S/C15H23NO4S/c1-10-6-11(2)15(7-14(10)19-5)21(17,18)16-8-12(3)20-13(4)9-16/h6-7,12-13H,8-9H2,1-5H3/t12-,13-/m0/s1. The van der Waals surface area contributed by atoms with Crippen LogP contribution >= 0.6 is 0 Å². The van der Waals surface area contributed by atoms with E-state index in [0.717, 1.165) is 11.1 Å². The number of hydrogen-bond acceptors (Lipinski definition) is 4. The van der Waals surface area contributed by atoms with Gasteiger partial charge in [0.25, 0.3) is 0 Å². The van der Waals surface area contributed by atoms with Crippen LogP contribution in [0.15, 0.2) is 17.0 Å². The molecule has 0 amide bonds. The molecule has 1 aliphatic rings. The predicted molar refractivity (Wildman–Crippen MR) is 81.2 cm³/mol. The third kappa shape index (κ3) is 3.22. The van der Waals surface area contributed by atoms with Gasteiger partial charge >= 0.3 is 0 Å². The molecule has 5 nitrogen and oxygen atoms in total. The fourth-order valence-electron chi connectivity index (χ4n) is 2.78. The summed E-state index contributed by atoms with van der Waals surface area (Å²) >= 11 is 0. The topological polar surface area (TPSA) is 55.8 Å². The average molecular weight is 313 g/mol. The summed E-state index contributed by atoms with van der Waals surface area (Å²) in [4.78, 5) is 0.311. The zero-order valence-corrected chi connectivity index (χ0v) is 14.0. The number of methoxy groups -OCH3 is 1. The van der Waals surface area contributed by atoms with Crippen LogP contribution in [0, 0.1) is 13.8 Å². The van der Waals surface area contributed by atoms with Crippen molar-refractivity contribution in [2.45, 2.75) is 44.8 Å². The van der Waals surface area contributed by atoms with Gasteiger partial charge in [-0.25, -0.2) is 8.42 Å². The zero-order valence-electron chi connectivity index (χ0n) is 13.2. The molecule has 1 fully saturated rings. The smallest absolute Gasteiger partial charge is 0.243 e. The average Bonchev–Trinajstić information content (AvgIpc) is 2.37. The van der Waals surface area contributed by atoms with Crippen molar-refractivity contribution in [1.82, 2.24) is 4.31 Å². The molecule has 6 heteroatoms. The van der Waals surface area contributed by atoms with Crippen molar-refractivity contribution in [3.63, 3.8) is 0 Å². The minimum Gasteiger partial charge on any atom is -0.496 e. The summed E-state index contributed by atoms with van der Waals surface area (Å²) in [5, 5.41) is 0. The van der Waals surface area contributed by atoms with Crippen molar-refractivity contribution in [3.8, 4) is 5.75 Å². The fraction of sp³-hybridized carbons (Fsp3) is 0.600. The van der Waals surface area contributed by atoms with Crippen LogP contribution in [0.4, 0.5) is 0 Å². The molecule has 1 aliphatic heterocycles. The van der Waals surface area contributed by atoms with Gasteiger partial charge < -0.3 is 9.47 Å². The molecule has 1 aromatic carbocycles. The Bertz CT molecular complexity index is 617. The van der Waals surface area contributed by atoms with Crippen molar-refractivity contribution in [2.75, 3.05) is 20.2 Å². The molecule has 118 valence electrons. The first-order chi connectivity index (χ1) is 9.75. The van der Waals surface area contributed by atoms with E-state index in [1.807, 2.05) is 33.8 Å². The highest BCUT2D eigenvalue weighted by Crippen LogP contribution is 2.29. The number of morpholine rings is 1. The molecular weight excluding hydrogens is 290 g/mol. The molecule has 1 saturated heterocycles. The largest absolute Gasteiger partial charge is 0.496 e. The first-order valence-corrected chi connectivity index (χ1v) is 8.50. The van der Waals surface area contributed by atoms with Crippen molar-refractivity contribution >= 4 is 10.0 Å². The molecular formula is C15H23NO4S. The monoisotopic (exact) mass is 313 g/mol. The Balaban J connectivity index is 2.44. The van der Waals surface area contributed by atoms with Gasteiger partial charge in [0.15, 0.2) is 0 Å². The number of benzene rings is 1. The number of ether oxygens (including phenoxy) is 2. The number of aryl methyl sites for hydroxylation is 2. The Labute approximate surface area is 126 Å². The summed E-state index contributed by atoms with van der Waals surface area (Å²) in [5.41, 5.74) is 1.66. The SMILES string of the molecule is COc1cc(S(=O)(=O)N2C[C@H](C)O[C@@H](C)C2)c(C)cc1C. The summed E-state index contributed by atoms with van der Waals surface area (Å²) in [5.74, 6) is 0.591. The molecule has 0 spiro atoms. The van der Waals surface area contributed by atoms with Crippen molar-refractivity contribution in [1.29, 1.82) is 0 Å². The molecule has 21 heavy (non-hydrogen) atoms. The van der Waals surface area contributed by atoms with Gasteiger partial charge in [0.1, 0.15) is 5.75 Å². The molecule has 2 atom stereocenters. The van der Waals surface area contributed by atoms with Crippen molar-refractivity contribution < 1.29 is 17.9 Å². The van der Waals surface area contributed by atoms with E-state index in [9.17, 15) is 8.42 Å². The Hall–Kier alpha value is -1.11. The van der Waals surface area contributed by atoms with Crippen LogP contribution in [0.2, 0.25) is 0 Å². The summed E-state index contributed by atoms with van der Waals surface area (Å²) < 4.78 is 38.2. The molecule has 1 heterocycles. The molecule has 0 saturated carbocycles. The van der Waals surface area contributed by atoms with Crippen molar-refractivity contribution in [2.24, 2.45) is 0 Å². The van der Waals surface area contributed by atoms with Crippen LogP contribution in [0.3, 0.4) is 0 Å². The van der Waals surface area contributed by atoms with Gasteiger partial charge in [-0.2, -0.15) is 4.31 Å². The summed E-state index contributed by atoms with van der Waals surface area (Å²) in [7, 11) is -1.99. The second-order valence-corrected chi connectivity index (χ2v) is 7.57. The first-order valence-electron chi connectivity index (χ1n) is 7.06. The second kappa shape index (κ2) is 5.94.